The number of aliphatic hydroxyl groups is 1. The molecule has 1 heterocycles. The van der Waals surface area contributed by atoms with E-state index in [0.29, 0.717) is 5.70 Å². The molecule has 13 heavy (non-hydrogen) atoms. The normalized spacial score (nSPS) is 10.0. The lowest BCUT2D eigenvalue weighted by Crippen LogP contribution is -2.30. The van der Waals surface area contributed by atoms with Crippen molar-refractivity contribution in [3.8, 4) is 0 Å². The Labute approximate surface area is 74.0 Å². The quantitative estimate of drug-likeness (QED) is 0.648. The van der Waals surface area contributed by atoms with Gasteiger partial charge in [0.1, 0.15) is 0 Å². The third kappa shape index (κ3) is 1.75. The molecule has 0 saturated carbocycles. The Hall–Kier alpha value is -1.62. The van der Waals surface area contributed by atoms with Gasteiger partial charge in [0.05, 0.1) is 12.2 Å². The van der Waals surface area contributed by atoms with Gasteiger partial charge in [-0.15, -0.1) is 0 Å². The maximum Gasteiger partial charge on any atom is 0.332 e. The molecule has 70 valence electrons. The minimum Gasteiger partial charge on any atom is -0.391 e. The Morgan fingerprint density at radius 1 is 1.69 bits per heavy atom. The van der Waals surface area contributed by atoms with Crippen molar-refractivity contribution < 1.29 is 5.11 Å². The third-order valence-electron chi connectivity index (χ3n) is 1.60. The first-order valence-electron chi connectivity index (χ1n) is 3.68. The maximum absolute atomic E-state index is 11.1. The molecular weight excluding hydrogens is 172 g/mol. The van der Waals surface area contributed by atoms with Crippen LogP contribution in [-0.4, -0.2) is 14.7 Å². The molecule has 0 fully saturated rings. The highest BCUT2D eigenvalue weighted by atomic mass is 16.3. The molecule has 0 radical (unpaired) electrons. The highest BCUT2D eigenvalue weighted by molar-refractivity contribution is 5.37. The average Bonchev–Trinajstić information content (AvgIpc) is 2.03. The molecule has 1 aromatic heterocycles. The summed E-state index contributed by atoms with van der Waals surface area (Å²) in [5.74, 6) is 0. The summed E-state index contributed by atoms with van der Waals surface area (Å²) in [4.78, 5) is 24.2. The molecule has 0 spiro atoms. The first-order valence-corrected chi connectivity index (χ1v) is 3.68. The molecule has 1 aromatic rings. The highest BCUT2D eigenvalue weighted by Crippen LogP contribution is 1.94. The van der Waals surface area contributed by atoms with Crippen LogP contribution in [0.5, 0.6) is 0 Å². The van der Waals surface area contributed by atoms with Gasteiger partial charge in [0, 0.05) is 11.9 Å². The van der Waals surface area contributed by atoms with Gasteiger partial charge in [-0.25, -0.2) is 4.79 Å². The Bertz CT molecular complexity index is 441. The third-order valence-corrected chi connectivity index (χ3v) is 1.60. The molecule has 0 amide bonds. The fraction of sp³-hybridized carbons (Fsp3) is 0.250. The summed E-state index contributed by atoms with van der Waals surface area (Å²) in [7, 11) is 0. The SMILES string of the molecule is C=C(C)n1cc(CO)c(=O)[nH]c1=O. The van der Waals surface area contributed by atoms with Crippen LogP contribution < -0.4 is 11.2 Å². The number of hydrogen-bond donors (Lipinski definition) is 2. The lowest BCUT2D eigenvalue weighted by molar-refractivity contribution is 0.279. The average molecular weight is 182 g/mol. The molecule has 0 aliphatic rings. The standard InChI is InChI=1S/C8H10N2O3/c1-5(2)10-3-6(4-11)7(12)9-8(10)13/h3,11H,1,4H2,2H3,(H,9,12,13). The minimum atomic E-state index is -0.565. The van der Waals surface area contributed by atoms with Crippen molar-refractivity contribution in [1.29, 1.82) is 0 Å². The Balaban J connectivity index is 3.48. The second-order valence-corrected chi connectivity index (χ2v) is 2.68. The van der Waals surface area contributed by atoms with Crippen LogP contribution in [0.1, 0.15) is 12.5 Å². The van der Waals surface area contributed by atoms with Gasteiger partial charge in [-0.3, -0.25) is 14.3 Å². The summed E-state index contributed by atoms with van der Waals surface area (Å²) >= 11 is 0. The molecule has 1 rings (SSSR count). The molecular formula is C8H10N2O3. The molecule has 5 heteroatoms. The summed E-state index contributed by atoms with van der Waals surface area (Å²) < 4.78 is 1.17. The summed E-state index contributed by atoms with van der Waals surface area (Å²) in [6.45, 7) is 4.78. The molecule has 5 nitrogen and oxygen atoms in total. The van der Waals surface area contributed by atoms with Crippen LogP contribution in [-0.2, 0) is 6.61 Å². The van der Waals surface area contributed by atoms with Crippen LogP contribution in [0.2, 0.25) is 0 Å². The van der Waals surface area contributed by atoms with E-state index >= 15 is 0 Å². The molecule has 2 N–H and O–H groups in total. The fourth-order valence-corrected chi connectivity index (χ4v) is 0.907. The van der Waals surface area contributed by atoms with Crippen LogP contribution in [0.25, 0.3) is 5.70 Å². The van der Waals surface area contributed by atoms with Crippen molar-refractivity contribution in [2.45, 2.75) is 13.5 Å². The van der Waals surface area contributed by atoms with Crippen molar-refractivity contribution >= 4 is 5.70 Å². The lowest BCUT2D eigenvalue weighted by atomic mass is 10.3. The van der Waals surface area contributed by atoms with Crippen LogP contribution in [0.3, 0.4) is 0 Å². The van der Waals surface area contributed by atoms with Crippen molar-refractivity contribution in [1.82, 2.24) is 9.55 Å². The number of aliphatic hydroxyl groups excluding tert-OH is 1. The number of nitrogens with zero attached hydrogens (tertiary/aromatic N) is 1. The topological polar surface area (TPSA) is 75.1 Å². The van der Waals surface area contributed by atoms with Gasteiger partial charge in [-0.1, -0.05) is 6.58 Å². The number of allylic oxidation sites excluding steroid dienone is 1. The number of rotatable bonds is 2. The predicted molar refractivity (Wildman–Crippen MR) is 48.2 cm³/mol. The Morgan fingerprint density at radius 3 is 2.77 bits per heavy atom. The Morgan fingerprint density at radius 2 is 2.31 bits per heavy atom. The van der Waals surface area contributed by atoms with E-state index in [2.05, 4.69) is 11.6 Å². The predicted octanol–water partition coefficient (Wildman–Crippen LogP) is -0.481. The van der Waals surface area contributed by atoms with E-state index in [1.165, 1.54) is 10.8 Å². The van der Waals surface area contributed by atoms with Crippen LogP contribution in [0.4, 0.5) is 0 Å². The first kappa shape index (κ1) is 9.47. The molecule has 0 aliphatic heterocycles. The zero-order valence-corrected chi connectivity index (χ0v) is 7.20. The van der Waals surface area contributed by atoms with Crippen molar-refractivity contribution in [3.63, 3.8) is 0 Å². The van der Waals surface area contributed by atoms with Gasteiger partial charge >= 0.3 is 5.69 Å². The largest absolute Gasteiger partial charge is 0.391 e. The van der Waals surface area contributed by atoms with Gasteiger partial charge in [0.2, 0.25) is 0 Å². The smallest absolute Gasteiger partial charge is 0.332 e. The van der Waals surface area contributed by atoms with E-state index in [9.17, 15) is 9.59 Å². The number of aromatic nitrogens is 2. The van der Waals surface area contributed by atoms with E-state index < -0.39 is 17.9 Å². The minimum absolute atomic E-state index is 0.141. The summed E-state index contributed by atoms with van der Waals surface area (Å²) in [5, 5.41) is 8.75. The summed E-state index contributed by atoms with van der Waals surface area (Å²) in [6, 6.07) is 0. The van der Waals surface area contributed by atoms with E-state index in [0.717, 1.165) is 0 Å². The number of nitrogens with one attached hydrogen (secondary N) is 1. The van der Waals surface area contributed by atoms with Gasteiger partial charge < -0.3 is 5.11 Å². The zero-order valence-electron chi connectivity index (χ0n) is 7.20. The first-order chi connectivity index (χ1) is 6.06. The fourth-order valence-electron chi connectivity index (χ4n) is 0.907. The molecule has 0 atom stereocenters. The van der Waals surface area contributed by atoms with Crippen molar-refractivity contribution in [2.75, 3.05) is 0 Å². The second-order valence-electron chi connectivity index (χ2n) is 2.68. The number of aromatic amines is 1. The second kappa shape index (κ2) is 3.40. The van der Waals surface area contributed by atoms with Gasteiger partial charge in [0.25, 0.3) is 5.56 Å². The Kier molecular flexibility index (Phi) is 2.48. The molecule has 0 aliphatic carbocycles. The summed E-state index contributed by atoms with van der Waals surface area (Å²) in [6.07, 6.45) is 1.28. The maximum atomic E-state index is 11.1. The van der Waals surface area contributed by atoms with Crippen LogP contribution in [0, 0.1) is 0 Å². The van der Waals surface area contributed by atoms with Gasteiger partial charge in [-0.05, 0) is 6.92 Å². The van der Waals surface area contributed by atoms with Gasteiger partial charge in [0.15, 0.2) is 0 Å². The van der Waals surface area contributed by atoms with E-state index in [1.807, 2.05) is 0 Å². The van der Waals surface area contributed by atoms with Crippen LogP contribution >= 0.6 is 0 Å². The number of H-pyrrole nitrogens is 1. The van der Waals surface area contributed by atoms with Crippen LogP contribution in [0.15, 0.2) is 22.4 Å². The molecule has 0 bridgehead atoms. The van der Waals surface area contributed by atoms with E-state index in [1.54, 1.807) is 6.92 Å². The molecule has 0 unspecified atom stereocenters. The zero-order chi connectivity index (χ0) is 10.0. The van der Waals surface area contributed by atoms with E-state index in [-0.39, 0.29) is 5.56 Å². The lowest BCUT2D eigenvalue weighted by Gasteiger charge is -2.03. The molecule has 0 aromatic carbocycles. The number of hydrogen-bond acceptors (Lipinski definition) is 3. The summed E-state index contributed by atoms with van der Waals surface area (Å²) in [5.41, 5.74) is -0.488. The molecule has 0 saturated heterocycles. The van der Waals surface area contributed by atoms with Crippen molar-refractivity contribution in [2.24, 2.45) is 0 Å². The van der Waals surface area contributed by atoms with Gasteiger partial charge in [-0.2, -0.15) is 0 Å². The van der Waals surface area contributed by atoms with E-state index in [4.69, 9.17) is 5.11 Å². The van der Waals surface area contributed by atoms with Crippen molar-refractivity contribution in [3.05, 3.63) is 39.2 Å². The monoisotopic (exact) mass is 182 g/mol. The highest BCUT2D eigenvalue weighted by Gasteiger charge is 2.02.